The van der Waals surface area contributed by atoms with Gasteiger partial charge >= 0.3 is 17.1 Å². The first kappa shape index (κ1) is 30.5. The minimum Gasteiger partial charge on any atom is -0.741 e. The van der Waals surface area contributed by atoms with Gasteiger partial charge in [0.05, 0.1) is 12.3 Å². The SMILES string of the molecule is CC.CCN=C([S-])N/N=C(/C(C)=N/NC([S-])=NCC)c1ccc(CN2CCCCC2)o1.[Cu+2]. The second-order valence-electron chi connectivity index (χ2n) is 6.54. The molecule has 0 atom stereocenters. The summed E-state index contributed by atoms with van der Waals surface area (Å²) in [5.41, 5.74) is 6.65. The first-order valence-corrected chi connectivity index (χ1v) is 11.7. The zero-order chi connectivity index (χ0) is 23.1. The maximum atomic E-state index is 6.07. The number of hydrazone groups is 2. The van der Waals surface area contributed by atoms with Crippen molar-refractivity contribution in [3.63, 3.8) is 0 Å². The van der Waals surface area contributed by atoms with E-state index >= 15 is 0 Å². The molecule has 0 bridgehead atoms. The van der Waals surface area contributed by atoms with Crippen LogP contribution in [0.2, 0.25) is 0 Å². The number of nitrogens with one attached hydrogen (secondary N) is 2. The van der Waals surface area contributed by atoms with Crippen molar-refractivity contribution < 1.29 is 21.5 Å². The Morgan fingerprint density at radius 2 is 1.53 bits per heavy atom. The summed E-state index contributed by atoms with van der Waals surface area (Å²) in [6, 6.07) is 3.87. The number of hydrogen-bond donors (Lipinski definition) is 2. The summed E-state index contributed by atoms with van der Waals surface area (Å²) in [7, 11) is 0. The van der Waals surface area contributed by atoms with Gasteiger partial charge in [-0.2, -0.15) is 10.2 Å². The molecule has 1 saturated heterocycles. The third kappa shape index (κ3) is 11.4. The van der Waals surface area contributed by atoms with Crippen molar-refractivity contribution in [1.82, 2.24) is 15.8 Å². The largest absolute Gasteiger partial charge is 2.00 e. The molecule has 1 aromatic rings. The summed E-state index contributed by atoms with van der Waals surface area (Å²) in [6.45, 7) is 13.8. The number of amidine groups is 2. The minimum atomic E-state index is 0. The molecule has 0 spiro atoms. The van der Waals surface area contributed by atoms with Crippen LogP contribution in [0, 0.1) is 0 Å². The molecule has 1 aromatic heterocycles. The number of likely N-dealkylation sites (tertiary alicyclic amines) is 1. The van der Waals surface area contributed by atoms with Crippen LogP contribution in [0.4, 0.5) is 0 Å². The third-order valence-corrected chi connectivity index (χ3v) is 4.69. The zero-order valence-corrected chi connectivity index (χ0v) is 22.1. The van der Waals surface area contributed by atoms with Gasteiger partial charge in [-0.05, 0) is 69.2 Å². The van der Waals surface area contributed by atoms with Gasteiger partial charge in [0.2, 0.25) is 0 Å². The number of rotatable bonds is 8. The summed E-state index contributed by atoms with van der Waals surface area (Å²) >= 11 is 10.3. The van der Waals surface area contributed by atoms with Gasteiger partial charge in [-0.1, -0.05) is 20.3 Å². The van der Waals surface area contributed by atoms with Gasteiger partial charge in [0.25, 0.3) is 0 Å². The molecule has 0 aliphatic carbocycles. The van der Waals surface area contributed by atoms with Crippen LogP contribution in [0.25, 0.3) is 0 Å². The normalized spacial score (nSPS) is 16.0. The van der Waals surface area contributed by atoms with Crippen molar-refractivity contribution in [2.75, 3.05) is 26.2 Å². The van der Waals surface area contributed by atoms with Gasteiger partial charge in [-0.3, -0.25) is 25.7 Å². The summed E-state index contributed by atoms with van der Waals surface area (Å²) in [6.07, 6.45) is 3.78. The second-order valence-corrected chi connectivity index (χ2v) is 7.32. The Balaban J connectivity index is 0.00000311. The van der Waals surface area contributed by atoms with Crippen molar-refractivity contribution in [2.45, 2.75) is 60.4 Å². The second kappa shape index (κ2) is 18.0. The maximum Gasteiger partial charge on any atom is 2.00 e. The van der Waals surface area contributed by atoms with E-state index in [0.29, 0.717) is 40.6 Å². The van der Waals surface area contributed by atoms with Gasteiger partial charge in [0.1, 0.15) is 11.5 Å². The smallest absolute Gasteiger partial charge is 0.741 e. The van der Waals surface area contributed by atoms with Crippen LogP contribution >= 0.6 is 0 Å². The van der Waals surface area contributed by atoms with Crippen LogP contribution in [-0.2, 0) is 48.9 Å². The van der Waals surface area contributed by atoms with E-state index < -0.39 is 0 Å². The Morgan fingerprint density at radius 3 is 2.09 bits per heavy atom. The van der Waals surface area contributed by atoms with Crippen molar-refractivity contribution >= 4 is 47.0 Å². The van der Waals surface area contributed by atoms with Gasteiger partial charge in [0, 0.05) is 13.1 Å². The average molecular weight is 529 g/mol. The topological polar surface area (TPSA) is 89.9 Å². The van der Waals surface area contributed by atoms with Crippen molar-refractivity contribution in [2.24, 2.45) is 20.2 Å². The average Bonchev–Trinajstić information content (AvgIpc) is 3.23. The standard InChI is InChI=1S/C19H31N7OS2.C2H6.Cu/c1-4-20-18(28)24-22-14(3)17(23-25-19(29)21-5-2)16-10-9-15(27-16)13-26-11-7-6-8-12-26;1-2;/h9-10H,4-8,11-13H2,1-3H3,(H2,20,24,28)(H2,21,25,29);1-2H3;/q;;+2/p-2/b22-14+,23-17-;;. The van der Waals surface area contributed by atoms with Gasteiger partial charge in [0.15, 0.2) is 5.76 Å². The molecule has 2 rings (SSSR count). The van der Waals surface area contributed by atoms with E-state index in [4.69, 9.17) is 29.7 Å². The van der Waals surface area contributed by atoms with Crippen molar-refractivity contribution in [3.05, 3.63) is 23.7 Å². The molecule has 1 aliphatic heterocycles. The van der Waals surface area contributed by atoms with E-state index in [2.05, 4.69) is 35.9 Å². The van der Waals surface area contributed by atoms with E-state index in [0.717, 1.165) is 25.4 Å². The van der Waals surface area contributed by atoms with E-state index in [1.165, 1.54) is 19.3 Å². The molecule has 2 N–H and O–H groups in total. The summed E-state index contributed by atoms with van der Waals surface area (Å²) < 4.78 is 6.07. The number of furan rings is 1. The van der Waals surface area contributed by atoms with Crippen LogP contribution < -0.4 is 10.9 Å². The molecule has 11 heteroatoms. The molecule has 1 radical (unpaired) electrons. The predicted octanol–water partition coefficient (Wildman–Crippen LogP) is 3.39. The number of aliphatic imine (C=N–C) groups is 2. The quantitative estimate of drug-likeness (QED) is 0.177. The fourth-order valence-electron chi connectivity index (χ4n) is 2.89. The van der Waals surface area contributed by atoms with Gasteiger partial charge in [-0.25, -0.2) is 0 Å². The molecule has 32 heavy (non-hydrogen) atoms. The molecular formula is C21H35CuN7OS2. The Labute approximate surface area is 214 Å². The Morgan fingerprint density at radius 1 is 0.969 bits per heavy atom. The van der Waals surface area contributed by atoms with Crippen LogP contribution in [-0.4, -0.2) is 52.8 Å². The van der Waals surface area contributed by atoms with Gasteiger partial charge in [-0.15, -0.1) is 0 Å². The molecular weight excluding hydrogens is 494 g/mol. The van der Waals surface area contributed by atoms with E-state index in [9.17, 15) is 0 Å². The molecule has 0 saturated carbocycles. The Hall–Kier alpha value is -1.52. The Bertz CT molecular complexity index is 772. The van der Waals surface area contributed by atoms with Crippen LogP contribution in [0.15, 0.2) is 36.7 Å². The van der Waals surface area contributed by atoms with E-state index in [1.54, 1.807) is 0 Å². The monoisotopic (exact) mass is 528 g/mol. The molecule has 0 amide bonds. The molecule has 1 fully saturated rings. The Kier molecular flexibility index (Phi) is 17.1. The third-order valence-electron chi connectivity index (χ3n) is 4.25. The zero-order valence-electron chi connectivity index (χ0n) is 19.6. The summed E-state index contributed by atoms with van der Waals surface area (Å²) in [5.74, 6) is 1.50. The maximum absolute atomic E-state index is 6.07. The molecule has 183 valence electrons. The van der Waals surface area contributed by atoms with Crippen molar-refractivity contribution in [1.29, 1.82) is 0 Å². The summed E-state index contributed by atoms with van der Waals surface area (Å²) in [5, 5.41) is 9.29. The van der Waals surface area contributed by atoms with Gasteiger partial charge < -0.3 is 29.7 Å². The fourth-order valence-corrected chi connectivity index (χ4v) is 3.24. The minimum absolute atomic E-state index is 0. The molecule has 2 heterocycles. The van der Waals surface area contributed by atoms with E-state index in [1.807, 2.05) is 46.8 Å². The summed E-state index contributed by atoms with van der Waals surface area (Å²) in [4.78, 5) is 10.6. The van der Waals surface area contributed by atoms with E-state index in [-0.39, 0.29) is 17.1 Å². The number of nitrogens with zero attached hydrogens (tertiary/aromatic N) is 5. The first-order valence-electron chi connectivity index (χ1n) is 10.9. The van der Waals surface area contributed by atoms with Crippen LogP contribution in [0.5, 0.6) is 0 Å². The van der Waals surface area contributed by atoms with Crippen LogP contribution in [0.1, 0.15) is 65.4 Å². The number of piperidine rings is 1. The number of hydrogen-bond acceptors (Lipinski definition) is 8. The molecule has 1 aliphatic rings. The first-order chi connectivity index (χ1) is 15.0. The van der Waals surface area contributed by atoms with Crippen molar-refractivity contribution in [3.8, 4) is 0 Å². The predicted molar refractivity (Wildman–Crippen MR) is 136 cm³/mol. The fraction of sp³-hybridized carbons (Fsp3) is 0.619. The molecule has 0 unspecified atom stereocenters. The molecule has 0 aromatic carbocycles. The van der Waals surface area contributed by atoms with Crippen LogP contribution in [0.3, 0.4) is 0 Å². The molecule has 8 nitrogen and oxygen atoms in total.